The van der Waals surface area contributed by atoms with Crippen molar-refractivity contribution in [1.82, 2.24) is 9.55 Å². The second-order valence-electron chi connectivity index (χ2n) is 6.94. The summed E-state index contributed by atoms with van der Waals surface area (Å²) in [5.74, 6) is 0.694. The fourth-order valence-corrected chi connectivity index (χ4v) is 4.73. The molecule has 0 aliphatic carbocycles. The molecule has 2 aromatic carbocycles. The largest absolute Gasteiger partial charge is 0.497 e. The topological polar surface area (TPSA) is 78.3 Å². The van der Waals surface area contributed by atoms with Gasteiger partial charge in [0.1, 0.15) is 16.3 Å². The summed E-state index contributed by atoms with van der Waals surface area (Å²) in [5, 5.41) is 0.264. The van der Waals surface area contributed by atoms with Crippen LogP contribution in [0.1, 0.15) is 11.3 Å². The van der Waals surface area contributed by atoms with Gasteiger partial charge in [-0.3, -0.25) is 4.79 Å². The van der Waals surface area contributed by atoms with E-state index in [9.17, 15) is 13.2 Å². The molecule has 2 heterocycles. The molecular weight excluding hydrogens is 400 g/mol. The van der Waals surface area contributed by atoms with Crippen molar-refractivity contribution in [2.45, 2.75) is 23.3 Å². The quantitative estimate of drug-likeness (QED) is 0.493. The summed E-state index contributed by atoms with van der Waals surface area (Å²) in [6.07, 6.45) is 1.39. The van der Waals surface area contributed by atoms with Crippen LogP contribution >= 0.6 is 0 Å². The van der Waals surface area contributed by atoms with Gasteiger partial charge in [0.25, 0.3) is 0 Å². The highest BCUT2D eigenvalue weighted by Crippen LogP contribution is 2.22. The van der Waals surface area contributed by atoms with Crippen molar-refractivity contribution in [2.75, 3.05) is 7.11 Å². The van der Waals surface area contributed by atoms with Gasteiger partial charge in [-0.25, -0.2) is 13.4 Å². The lowest BCUT2D eigenvalue weighted by molar-refractivity contribution is 0.414. The van der Waals surface area contributed by atoms with Gasteiger partial charge in [0, 0.05) is 18.4 Å². The Morgan fingerprint density at radius 3 is 2.50 bits per heavy atom. The average Bonchev–Trinajstić information content (AvgIpc) is 2.76. The molecule has 7 heteroatoms. The molecule has 6 nitrogen and oxygen atoms in total. The summed E-state index contributed by atoms with van der Waals surface area (Å²) in [6.45, 7) is 2.16. The summed E-state index contributed by atoms with van der Waals surface area (Å²) in [5.41, 5.74) is 1.52. The number of benzene rings is 2. The molecule has 152 valence electrons. The van der Waals surface area contributed by atoms with Crippen molar-refractivity contribution in [3.8, 4) is 5.75 Å². The highest BCUT2D eigenvalue weighted by Gasteiger charge is 2.24. The molecule has 0 aliphatic rings. The molecule has 0 fully saturated rings. The average molecular weight is 420 g/mol. The number of sulfone groups is 1. The smallest absolute Gasteiger partial charge is 0.211 e. The molecule has 4 aromatic rings. The fraction of sp³-hybridized carbons (Fsp3) is 0.130. The van der Waals surface area contributed by atoms with E-state index in [2.05, 4.69) is 4.98 Å². The lowest BCUT2D eigenvalue weighted by atomic mass is 10.2. The standard InChI is InChI=1S/C23H20N2O4S/c1-16-11-12-20-22(26)21(30(27,28)19-9-4-3-5-10-19)15-25(23(20)24-16)14-17-7-6-8-18(13-17)29-2/h3-13,15H,14H2,1-2H3. The van der Waals surface area contributed by atoms with Crippen LogP contribution in [0.3, 0.4) is 0 Å². The van der Waals surface area contributed by atoms with Gasteiger partial charge in [-0.05, 0) is 48.9 Å². The van der Waals surface area contributed by atoms with Crippen LogP contribution < -0.4 is 10.2 Å². The lowest BCUT2D eigenvalue weighted by Crippen LogP contribution is -2.20. The molecule has 0 N–H and O–H groups in total. The molecule has 0 unspecified atom stereocenters. The van der Waals surface area contributed by atoms with Crippen LogP contribution in [0.2, 0.25) is 0 Å². The maximum Gasteiger partial charge on any atom is 0.211 e. The summed E-state index contributed by atoms with van der Waals surface area (Å²) in [7, 11) is -2.40. The van der Waals surface area contributed by atoms with Gasteiger partial charge in [0.2, 0.25) is 15.3 Å². The van der Waals surface area contributed by atoms with E-state index < -0.39 is 15.3 Å². The van der Waals surface area contributed by atoms with E-state index in [1.54, 1.807) is 42.0 Å². The van der Waals surface area contributed by atoms with Gasteiger partial charge in [-0.2, -0.15) is 0 Å². The van der Waals surface area contributed by atoms with Gasteiger partial charge in [0.15, 0.2) is 0 Å². The highest BCUT2D eigenvalue weighted by atomic mass is 32.2. The van der Waals surface area contributed by atoms with Crippen LogP contribution in [0.4, 0.5) is 0 Å². The third-order valence-corrected chi connectivity index (χ3v) is 6.62. The summed E-state index contributed by atoms with van der Waals surface area (Å²) in [6, 6.07) is 18.8. The molecule has 4 rings (SSSR count). The fourth-order valence-electron chi connectivity index (χ4n) is 3.34. The first kappa shape index (κ1) is 19.8. The van der Waals surface area contributed by atoms with Crippen LogP contribution in [-0.2, 0) is 16.4 Å². The van der Waals surface area contributed by atoms with E-state index in [0.29, 0.717) is 17.9 Å². The van der Waals surface area contributed by atoms with E-state index >= 15 is 0 Å². The molecule has 0 saturated heterocycles. The van der Waals surface area contributed by atoms with Crippen LogP contribution in [0.15, 0.2) is 87.5 Å². The number of hydrogen-bond acceptors (Lipinski definition) is 5. The molecule has 0 atom stereocenters. The van der Waals surface area contributed by atoms with E-state index in [1.807, 2.05) is 31.2 Å². The van der Waals surface area contributed by atoms with Crippen molar-refractivity contribution in [1.29, 1.82) is 0 Å². The molecule has 0 bridgehead atoms. The van der Waals surface area contributed by atoms with E-state index in [-0.39, 0.29) is 15.2 Å². The highest BCUT2D eigenvalue weighted by molar-refractivity contribution is 7.91. The van der Waals surface area contributed by atoms with Crippen LogP contribution in [0.5, 0.6) is 5.75 Å². The molecule has 0 spiro atoms. The van der Waals surface area contributed by atoms with Crippen LogP contribution in [0, 0.1) is 6.92 Å². The normalized spacial score (nSPS) is 11.5. The van der Waals surface area contributed by atoms with Crippen molar-refractivity contribution in [3.63, 3.8) is 0 Å². The van der Waals surface area contributed by atoms with Gasteiger partial charge in [-0.15, -0.1) is 0 Å². The van der Waals surface area contributed by atoms with Crippen LogP contribution in [-0.4, -0.2) is 25.1 Å². The summed E-state index contributed by atoms with van der Waals surface area (Å²) in [4.78, 5) is 17.4. The summed E-state index contributed by atoms with van der Waals surface area (Å²) < 4.78 is 33.4. The molecule has 0 saturated carbocycles. The molecule has 0 radical (unpaired) electrons. The number of fused-ring (bicyclic) bond motifs is 1. The monoisotopic (exact) mass is 420 g/mol. The van der Waals surface area contributed by atoms with E-state index in [1.165, 1.54) is 18.3 Å². The third kappa shape index (κ3) is 3.59. The maximum atomic E-state index is 13.2. The minimum absolute atomic E-state index is 0.0782. The predicted octanol–water partition coefficient (Wildman–Crippen LogP) is 3.59. The number of methoxy groups -OCH3 is 1. The number of nitrogens with zero attached hydrogens (tertiary/aromatic N) is 2. The van der Waals surface area contributed by atoms with Gasteiger partial charge >= 0.3 is 0 Å². The number of hydrogen-bond donors (Lipinski definition) is 0. The molecule has 2 aromatic heterocycles. The van der Waals surface area contributed by atoms with Crippen molar-refractivity contribution >= 4 is 20.9 Å². The van der Waals surface area contributed by atoms with Crippen molar-refractivity contribution < 1.29 is 13.2 Å². The van der Waals surface area contributed by atoms with Crippen molar-refractivity contribution in [2.24, 2.45) is 0 Å². The maximum absolute atomic E-state index is 13.2. The third-order valence-electron chi connectivity index (χ3n) is 4.86. The second-order valence-corrected chi connectivity index (χ2v) is 8.86. The lowest BCUT2D eigenvalue weighted by Gasteiger charge is -2.14. The number of aromatic nitrogens is 2. The zero-order chi connectivity index (χ0) is 21.3. The van der Waals surface area contributed by atoms with Gasteiger partial charge < -0.3 is 9.30 Å². The number of pyridine rings is 2. The Morgan fingerprint density at radius 1 is 1.00 bits per heavy atom. The molecule has 0 amide bonds. The minimum Gasteiger partial charge on any atom is -0.497 e. The zero-order valence-electron chi connectivity index (χ0n) is 16.6. The summed E-state index contributed by atoms with van der Waals surface area (Å²) >= 11 is 0. The van der Waals surface area contributed by atoms with E-state index in [4.69, 9.17) is 4.74 Å². The molecule has 0 aliphatic heterocycles. The zero-order valence-corrected chi connectivity index (χ0v) is 17.4. The Kier molecular flexibility index (Phi) is 5.13. The SMILES string of the molecule is COc1cccc(Cn2cc(S(=O)(=O)c3ccccc3)c(=O)c3ccc(C)nc32)c1. The Hall–Kier alpha value is -3.45. The van der Waals surface area contributed by atoms with E-state index in [0.717, 1.165) is 11.3 Å². The molecule has 30 heavy (non-hydrogen) atoms. The first-order chi connectivity index (χ1) is 14.4. The van der Waals surface area contributed by atoms with Gasteiger partial charge in [0.05, 0.1) is 17.4 Å². The van der Waals surface area contributed by atoms with Gasteiger partial charge in [-0.1, -0.05) is 30.3 Å². The number of ether oxygens (including phenoxy) is 1. The minimum atomic E-state index is -3.98. The molecular formula is C23H20N2O4S. The number of aryl methyl sites for hydroxylation is 1. The first-order valence-electron chi connectivity index (χ1n) is 9.34. The van der Waals surface area contributed by atoms with Crippen LogP contribution in [0.25, 0.3) is 11.0 Å². The Balaban J connectivity index is 1.96. The Labute approximate surface area is 174 Å². The first-order valence-corrected chi connectivity index (χ1v) is 10.8. The predicted molar refractivity (Wildman–Crippen MR) is 115 cm³/mol. The van der Waals surface area contributed by atoms with Crippen molar-refractivity contribution in [3.05, 3.63) is 94.4 Å². The second kappa shape index (κ2) is 7.76. The Bertz CT molecular complexity index is 1390. The Morgan fingerprint density at radius 2 is 1.77 bits per heavy atom. The number of rotatable bonds is 5.